The molecule has 0 aliphatic rings. The summed E-state index contributed by atoms with van der Waals surface area (Å²) < 4.78 is 11.1. The van der Waals surface area contributed by atoms with Gasteiger partial charge < -0.3 is 14.2 Å². The first-order valence-corrected chi connectivity index (χ1v) is 6.87. The molecule has 2 aromatic heterocycles. The number of aromatic nitrogens is 1. The van der Waals surface area contributed by atoms with E-state index in [1.54, 1.807) is 6.26 Å². The van der Waals surface area contributed by atoms with Gasteiger partial charge in [-0.15, -0.1) is 0 Å². The molecule has 0 amide bonds. The summed E-state index contributed by atoms with van der Waals surface area (Å²) in [6, 6.07) is 5.88. The first kappa shape index (κ1) is 15.1. The summed E-state index contributed by atoms with van der Waals surface area (Å²) in [6.45, 7) is 4.51. The van der Waals surface area contributed by atoms with E-state index in [9.17, 15) is 0 Å². The van der Waals surface area contributed by atoms with E-state index in [1.165, 1.54) is 0 Å². The Morgan fingerprint density at radius 1 is 1.43 bits per heavy atom. The fourth-order valence-corrected chi connectivity index (χ4v) is 1.99. The van der Waals surface area contributed by atoms with Crippen molar-refractivity contribution >= 4 is 5.88 Å². The minimum Gasteiger partial charge on any atom is -0.468 e. The summed E-state index contributed by atoms with van der Waals surface area (Å²) in [4.78, 5) is 6.23. The van der Waals surface area contributed by atoms with Gasteiger partial charge in [-0.1, -0.05) is 13.8 Å². The van der Waals surface area contributed by atoms with Crippen LogP contribution in [0, 0.1) is 11.3 Å². The lowest BCUT2D eigenvalue weighted by molar-refractivity contribution is 0.268. The fraction of sp³-hybridized carbons (Fsp3) is 0.467. The number of nitrogens with zero attached hydrogens (tertiary/aromatic N) is 3. The lowest BCUT2D eigenvalue weighted by Gasteiger charge is -2.22. The van der Waals surface area contributed by atoms with Crippen LogP contribution >= 0.6 is 0 Å². The number of nitriles is 1. The van der Waals surface area contributed by atoms with Gasteiger partial charge in [0.25, 0.3) is 0 Å². The van der Waals surface area contributed by atoms with E-state index in [1.807, 2.05) is 45.0 Å². The number of nitrogens with one attached hydrogen (secondary N) is 1. The molecule has 0 fully saturated rings. The van der Waals surface area contributed by atoms with E-state index in [0.29, 0.717) is 18.3 Å². The smallest absolute Gasteiger partial charge is 0.232 e. The lowest BCUT2D eigenvalue weighted by Crippen LogP contribution is -2.26. The van der Waals surface area contributed by atoms with Crippen molar-refractivity contribution in [3.8, 4) is 6.07 Å². The van der Waals surface area contributed by atoms with Crippen LogP contribution in [-0.4, -0.2) is 30.5 Å². The molecule has 0 saturated carbocycles. The van der Waals surface area contributed by atoms with Gasteiger partial charge in [-0.3, -0.25) is 4.90 Å². The second kappa shape index (κ2) is 6.46. The SMILES string of the molecule is CC(C)c1nc(C#N)c(NC[C@H](c2ccco2)N(C)C)o1. The molecular weight excluding hydrogens is 268 g/mol. The van der Waals surface area contributed by atoms with Crippen LogP contribution in [0.25, 0.3) is 0 Å². The maximum atomic E-state index is 9.13. The molecule has 1 N–H and O–H groups in total. The van der Waals surface area contributed by atoms with Crippen LogP contribution in [-0.2, 0) is 0 Å². The van der Waals surface area contributed by atoms with Gasteiger partial charge in [0.2, 0.25) is 17.5 Å². The predicted molar refractivity (Wildman–Crippen MR) is 78.9 cm³/mol. The van der Waals surface area contributed by atoms with E-state index in [4.69, 9.17) is 14.1 Å². The molecule has 0 aromatic carbocycles. The van der Waals surface area contributed by atoms with E-state index in [-0.39, 0.29) is 17.7 Å². The number of hydrogen-bond donors (Lipinski definition) is 1. The summed E-state index contributed by atoms with van der Waals surface area (Å²) >= 11 is 0. The minimum atomic E-state index is 0.0409. The van der Waals surface area contributed by atoms with Gasteiger partial charge in [0, 0.05) is 12.5 Å². The molecule has 0 aliphatic carbocycles. The van der Waals surface area contributed by atoms with Crippen LogP contribution in [0.3, 0.4) is 0 Å². The average molecular weight is 288 g/mol. The Bertz CT molecular complexity index is 608. The number of rotatable bonds is 6. The monoisotopic (exact) mass is 288 g/mol. The molecule has 2 rings (SSSR count). The third-order valence-corrected chi connectivity index (χ3v) is 3.19. The van der Waals surface area contributed by atoms with E-state index >= 15 is 0 Å². The maximum absolute atomic E-state index is 9.13. The van der Waals surface area contributed by atoms with Crippen molar-refractivity contribution in [1.29, 1.82) is 5.26 Å². The Kier molecular flexibility index (Phi) is 4.66. The van der Waals surface area contributed by atoms with Gasteiger partial charge in [-0.05, 0) is 26.2 Å². The molecule has 2 aromatic rings. The van der Waals surface area contributed by atoms with Gasteiger partial charge in [0.1, 0.15) is 11.8 Å². The van der Waals surface area contributed by atoms with E-state index < -0.39 is 0 Å². The molecular formula is C15H20N4O2. The number of oxazole rings is 1. The zero-order valence-electron chi connectivity index (χ0n) is 12.8. The van der Waals surface area contributed by atoms with Gasteiger partial charge in [0.15, 0.2) is 0 Å². The second-order valence-electron chi connectivity index (χ2n) is 5.37. The summed E-state index contributed by atoms with van der Waals surface area (Å²) in [5.41, 5.74) is 0.288. The number of likely N-dealkylation sites (N-methyl/N-ethyl adjacent to an activating group) is 1. The first-order chi connectivity index (χ1) is 10.0. The normalized spacial score (nSPS) is 12.6. The van der Waals surface area contributed by atoms with Gasteiger partial charge in [0.05, 0.1) is 12.3 Å². The molecule has 0 bridgehead atoms. The number of furan rings is 1. The van der Waals surface area contributed by atoms with Crippen molar-refractivity contribution in [2.45, 2.75) is 25.8 Å². The topological polar surface area (TPSA) is 78.2 Å². The number of hydrogen-bond acceptors (Lipinski definition) is 6. The van der Waals surface area contributed by atoms with Crippen molar-refractivity contribution in [3.63, 3.8) is 0 Å². The molecule has 1 atom stereocenters. The van der Waals surface area contributed by atoms with Crippen molar-refractivity contribution in [2.24, 2.45) is 0 Å². The Balaban J connectivity index is 2.13. The van der Waals surface area contributed by atoms with E-state index in [0.717, 1.165) is 5.76 Å². The first-order valence-electron chi connectivity index (χ1n) is 6.87. The largest absolute Gasteiger partial charge is 0.468 e. The van der Waals surface area contributed by atoms with Crippen LogP contribution < -0.4 is 5.32 Å². The Hall–Kier alpha value is -2.26. The lowest BCUT2D eigenvalue weighted by atomic mass is 10.2. The van der Waals surface area contributed by atoms with Crippen molar-refractivity contribution < 1.29 is 8.83 Å². The quantitative estimate of drug-likeness (QED) is 0.880. The maximum Gasteiger partial charge on any atom is 0.232 e. The second-order valence-corrected chi connectivity index (χ2v) is 5.37. The Labute approximate surface area is 124 Å². The third kappa shape index (κ3) is 3.44. The Morgan fingerprint density at radius 2 is 2.19 bits per heavy atom. The highest BCUT2D eigenvalue weighted by Crippen LogP contribution is 2.24. The standard InChI is InChI=1S/C15H20N4O2/c1-10(2)14-18-11(8-16)15(21-14)17-9-12(19(3)4)13-6-5-7-20-13/h5-7,10,12,17H,9H2,1-4H3/t12-/m1/s1. The third-order valence-electron chi connectivity index (χ3n) is 3.19. The van der Waals surface area contributed by atoms with Gasteiger partial charge in [-0.2, -0.15) is 5.26 Å². The highest BCUT2D eigenvalue weighted by molar-refractivity contribution is 5.45. The molecule has 112 valence electrons. The zero-order chi connectivity index (χ0) is 15.4. The van der Waals surface area contributed by atoms with Crippen LogP contribution in [0.1, 0.15) is 43.2 Å². The van der Waals surface area contributed by atoms with Crippen molar-refractivity contribution in [2.75, 3.05) is 26.0 Å². The highest BCUT2D eigenvalue weighted by Gasteiger charge is 2.20. The molecule has 0 unspecified atom stereocenters. The molecule has 0 radical (unpaired) electrons. The average Bonchev–Trinajstić information content (AvgIpc) is 3.07. The summed E-state index contributed by atoms with van der Waals surface area (Å²) in [5, 5.41) is 12.3. The molecule has 6 heteroatoms. The predicted octanol–water partition coefficient (Wildman–Crippen LogP) is 2.98. The van der Waals surface area contributed by atoms with Crippen LogP contribution in [0.2, 0.25) is 0 Å². The van der Waals surface area contributed by atoms with Gasteiger partial charge >= 0.3 is 0 Å². The molecule has 0 aliphatic heterocycles. The minimum absolute atomic E-state index is 0.0409. The highest BCUT2D eigenvalue weighted by atomic mass is 16.4. The molecule has 0 saturated heterocycles. The molecule has 2 heterocycles. The fourth-order valence-electron chi connectivity index (χ4n) is 1.99. The zero-order valence-corrected chi connectivity index (χ0v) is 12.8. The molecule has 0 spiro atoms. The summed E-state index contributed by atoms with van der Waals surface area (Å²) in [5.74, 6) is 1.98. The summed E-state index contributed by atoms with van der Waals surface area (Å²) in [6.07, 6.45) is 1.65. The summed E-state index contributed by atoms with van der Waals surface area (Å²) in [7, 11) is 3.94. The van der Waals surface area contributed by atoms with Gasteiger partial charge in [-0.25, -0.2) is 4.98 Å². The van der Waals surface area contributed by atoms with Crippen LogP contribution in [0.15, 0.2) is 27.2 Å². The van der Waals surface area contributed by atoms with Crippen molar-refractivity contribution in [3.05, 3.63) is 35.7 Å². The van der Waals surface area contributed by atoms with E-state index in [2.05, 4.69) is 16.4 Å². The van der Waals surface area contributed by atoms with Crippen LogP contribution in [0.5, 0.6) is 0 Å². The molecule has 21 heavy (non-hydrogen) atoms. The number of anilines is 1. The van der Waals surface area contributed by atoms with Crippen molar-refractivity contribution in [1.82, 2.24) is 9.88 Å². The molecule has 6 nitrogen and oxygen atoms in total. The Morgan fingerprint density at radius 3 is 2.71 bits per heavy atom. The van der Waals surface area contributed by atoms with Crippen LogP contribution in [0.4, 0.5) is 5.88 Å².